The molecule has 7 heteroatoms. The van der Waals surface area contributed by atoms with Crippen LogP contribution in [0, 0.1) is 0 Å². The van der Waals surface area contributed by atoms with Crippen LogP contribution in [0.4, 0.5) is 0 Å². The molecule has 1 aliphatic heterocycles. The van der Waals surface area contributed by atoms with Crippen LogP contribution in [-0.4, -0.2) is 35.8 Å². The van der Waals surface area contributed by atoms with Crippen molar-refractivity contribution in [2.75, 3.05) is 6.61 Å². The number of aliphatic imine (C=N–C) groups is 2. The zero-order valence-corrected chi connectivity index (χ0v) is 13.0. The molecule has 0 spiro atoms. The number of aliphatic carboxylic acids is 1. The van der Waals surface area contributed by atoms with Crippen LogP contribution in [0.15, 0.2) is 28.7 Å². The van der Waals surface area contributed by atoms with E-state index in [1.54, 1.807) is 12.1 Å². The molecule has 0 amide bonds. The highest BCUT2D eigenvalue weighted by atomic mass is 35.5. The number of halogens is 1. The van der Waals surface area contributed by atoms with E-state index in [1.165, 1.54) is 6.34 Å². The van der Waals surface area contributed by atoms with Crippen LogP contribution in [0.1, 0.15) is 24.8 Å². The molecule has 1 aromatic carbocycles. The quantitative estimate of drug-likeness (QED) is 0.920. The van der Waals surface area contributed by atoms with E-state index in [1.807, 2.05) is 0 Å². The van der Waals surface area contributed by atoms with Crippen molar-refractivity contribution in [3.05, 3.63) is 29.3 Å². The fraction of sp³-hybridized carbons (Fsp3) is 0.312. The van der Waals surface area contributed by atoms with E-state index in [0.717, 1.165) is 12.8 Å². The second kappa shape index (κ2) is 6.42. The lowest BCUT2D eigenvalue weighted by atomic mass is 10.1. The van der Waals surface area contributed by atoms with Crippen molar-refractivity contribution in [2.45, 2.75) is 25.4 Å². The summed E-state index contributed by atoms with van der Waals surface area (Å²) >= 11 is 6.39. The van der Waals surface area contributed by atoms with Crippen LogP contribution in [0.2, 0.25) is 5.02 Å². The number of fused-ring (bicyclic) bond motifs is 1. The van der Waals surface area contributed by atoms with Gasteiger partial charge >= 0.3 is 5.97 Å². The molecule has 1 N–H and O–H groups in total. The Balaban J connectivity index is 1.94. The molecule has 3 rings (SSSR count). The highest BCUT2D eigenvalue weighted by Crippen LogP contribution is 2.42. The lowest BCUT2D eigenvalue weighted by Gasteiger charge is -2.17. The summed E-state index contributed by atoms with van der Waals surface area (Å²) < 4.78 is 11.4. The van der Waals surface area contributed by atoms with Gasteiger partial charge in [0.05, 0.1) is 18.4 Å². The zero-order chi connectivity index (χ0) is 16.4. The van der Waals surface area contributed by atoms with Gasteiger partial charge in [0.15, 0.2) is 5.75 Å². The summed E-state index contributed by atoms with van der Waals surface area (Å²) in [5.74, 6) is -0.157. The van der Waals surface area contributed by atoms with E-state index >= 15 is 0 Å². The number of hydrogen-bond acceptors (Lipinski definition) is 5. The minimum absolute atomic E-state index is 0.0356. The summed E-state index contributed by atoms with van der Waals surface area (Å²) in [4.78, 5) is 19.0. The Kier molecular flexibility index (Phi) is 4.34. The lowest BCUT2D eigenvalue weighted by molar-refractivity contribution is -0.129. The Morgan fingerprint density at radius 3 is 2.91 bits per heavy atom. The van der Waals surface area contributed by atoms with Crippen molar-refractivity contribution < 1.29 is 19.4 Å². The Bertz CT molecular complexity index is 723. The van der Waals surface area contributed by atoms with Crippen LogP contribution in [0.25, 0.3) is 5.70 Å². The molecule has 6 nitrogen and oxygen atoms in total. The predicted octanol–water partition coefficient (Wildman–Crippen LogP) is 3.19. The molecule has 0 aromatic heterocycles. The van der Waals surface area contributed by atoms with E-state index in [4.69, 9.17) is 26.2 Å². The van der Waals surface area contributed by atoms with Crippen LogP contribution in [0.3, 0.4) is 0 Å². The summed E-state index contributed by atoms with van der Waals surface area (Å²) in [7, 11) is 0. The second-order valence-electron chi connectivity index (χ2n) is 5.24. The third-order valence-electron chi connectivity index (χ3n) is 3.45. The summed E-state index contributed by atoms with van der Waals surface area (Å²) in [6.45, 7) is 3.98. The SMILES string of the molecule is C=C1N=CN=C(C(=O)O)CCOc2c1ccc(OC1CC1)c2Cl. The highest BCUT2D eigenvalue weighted by Gasteiger charge is 2.26. The van der Waals surface area contributed by atoms with E-state index in [9.17, 15) is 4.79 Å². The Morgan fingerprint density at radius 1 is 1.43 bits per heavy atom. The molecule has 0 unspecified atom stereocenters. The number of nitrogens with zero attached hydrogens (tertiary/aromatic N) is 2. The molecule has 2 aliphatic rings. The maximum absolute atomic E-state index is 11.1. The van der Waals surface area contributed by atoms with E-state index in [2.05, 4.69) is 16.6 Å². The van der Waals surface area contributed by atoms with Gasteiger partial charge in [-0.05, 0) is 25.0 Å². The number of ether oxygens (including phenoxy) is 2. The van der Waals surface area contributed by atoms with Crippen molar-refractivity contribution >= 4 is 35.3 Å². The van der Waals surface area contributed by atoms with Crippen LogP contribution in [-0.2, 0) is 4.79 Å². The summed E-state index contributed by atoms with van der Waals surface area (Å²) in [6, 6.07) is 3.54. The first-order valence-electron chi connectivity index (χ1n) is 7.20. The molecule has 0 saturated heterocycles. The van der Waals surface area contributed by atoms with Crippen LogP contribution >= 0.6 is 11.6 Å². The van der Waals surface area contributed by atoms with Crippen LogP contribution in [0.5, 0.6) is 11.5 Å². The van der Waals surface area contributed by atoms with Gasteiger partial charge < -0.3 is 14.6 Å². The average Bonchev–Trinajstić information content (AvgIpc) is 3.32. The molecule has 1 aromatic rings. The number of carbonyl (C=O) groups is 1. The van der Waals surface area contributed by atoms with Gasteiger partial charge in [-0.15, -0.1) is 0 Å². The van der Waals surface area contributed by atoms with Gasteiger partial charge in [-0.25, -0.2) is 14.8 Å². The third kappa shape index (κ3) is 3.53. The molecule has 1 aliphatic carbocycles. The molecule has 1 saturated carbocycles. The number of carboxylic acid groups (broad SMARTS) is 1. The van der Waals surface area contributed by atoms with E-state index in [-0.39, 0.29) is 24.8 Å². The molecule has 1 fully saturated rings. The second-order valence-corrected chi connectivity index (χ2v) is 5.62. The Labute approximate surface area is 138 Å². The van der Waals surface area contributed by atoms with Crippen molar-refractivity contribution in [1.29, 1.82) is 0 Å². The smallest absolute Gasteiger partial charge is 0.350 e. The van der Waals surface area contributed by atoms with E-state index < -0.39 is 5.97 Å². The minimum atomic E-state index is -1.11. The van der Waals surface area contributed by atoms with Gasteiger partial charge in [0.25, 0.3) is 0 Å². The third-order valence-corrected chi connectivity index (χ3v) is 3.81. The van der Waals surface area contributed by atoms with Gasteiger partial charge in [0.1, 0.15) is 22.8 Å². The number of hydrogen-bond donors (Lipinski definition) is 1. The molecule has 0 bridgehead atoms. The summed E-state index contributed by atoms with van der Waals surface area (Å²) in [5.41, 5.74) is 0.977. The fourth-order valence-electron chi connectivity index (χ4n) is 2.08. The highest BCUT2D eigenvalue weighted by molar-refractivity contribution is 6.37. The maximum atomic E-state index is 11.1. The van der Waals surface area contributed by atoms with Crippen molar-refractivity contribution in [3.8, 4) is 11.5 Å². The normalized spacial score (nSPS) is 17.8. The molecule has 23 heavy (non-hydrogen) atoms. The summed E-state index contributed by atoms with van der Waals surface area (Å²) in [6.07, 6.45) is 3.56. The van der Waals surface area contributed by atoms with Crippen molar-refractivity contribution in [1.82, 2.24) is 0 Å². The largest absolute Gasteiger partial charge is 0.491 e. The molecule has 0 atom stereocenters. The number of rotatable bonds is 3. The van der Waals surface area contributed by atoms with Crippen molar-refractivity contribution in [2.24, 2.45) is 9.98 Å². The molecule has 120 valence electrons. The van der Waals surface area contributed by atoms with E-state index in [0.29, 0.717) is 27.8 Å². The monoisotopic (exact) mass is 334 g/mol. The van der Waals surface area contributed by atoms with Gasteiger partial charge in [-0.1, -0.05) is 18.2 Å². The lowest BCUT2D eigenvalue weighted by Crippen LogP contribution is -2.17. The fourth-order valence-corrected chi connectivity index (χ4v) is 2.34. The molecular weight excluding hydrogens is 320 g/mol. The van der Waals surface area contributed by atoms with Crippen LogP contribution < -0.4 is 9.47 Å². The first kappa shape index (κ1) is 15.6. The Hall–Kier alpha value is -2.34. The van der Waals surface area contributed by atoms with Gasteiger partial charge in [0.2, 0.25) is 0 Å². The predicted molar refractivity (Wildman–Crippen MR) is 87.8 cm³/mol. The number of carboxylic acids is 1. The first-order chi connectivity index (χ1) is 11.1. The topological polar surface area (TPSA) is 80.5 Å². The summed E-state index contributed by atoms with van der Waals surface area (Å²) in [5, 5.41) is 9.41. The molecular formula is C16H15ClN2O4. The first-order valence-corrected chi connectivity index (χ1v) is 7.58. The zero-order valence-electron chi connectivity index (χ0n) is 12.3. The Morgan fingerprint density at radius 2 is 2.22 bits per heavy atom. The average molecular weight is 335 g/mol. The maximum Gasteiger partial charge on any atom is 0.350 e. The van der Waals surface area contributed by atoms with Gasteiger partial charge in [0, 0.05) is 12.0 Å². The van der Waals surface area contributed by atoms with Gasteiger partial charge in [-0.2, -0.15) is 0 Å². The molecule has 0 radical (unpaired) electrons. The number of benzene rings is 1. The standard InChI is InChI=1S/C16H15ClN2O4/c1-9-11-4-5-13(23-10-2-3-10)14(17)15(11)22-7-6-12(16(20)21)19-8-18-9/h4-5,8,10H,1-3,6-7H2,(H,20,21). The van der Waals surface area contributed by atoms with Gasteiger partial charge in [-0.3, -0.25) is 0 Å². The minimum Gasteiger partial charge on any atom is -0.491 e. The molecule has 1 heterocycles. The van der Waals surface area contributed by atoms with Crippen molar-refractivity contribution in [3.63, 3.8) is 0 Å².